The zero-order valence-corrected chi connectivity index (χ0v) is 17.4. The lowest BCUT2D eigenvalue weighted by Crippen LogP contribution is -2.47. The van der Waals surface area contributed by atoms with E-state index in [2.05, 4.69) is 56.9 Å². The molecule has 1 aromatic carbocycles. The number of likely N-dealkylation sites (tertiary alicyclic amines) is 2. The second-order valence-corrected chi connectivity index (χ2v) is 8.38. The van der Waals surface area contributed by atoms with E-state index >= 15 is 0 Å². The van der Waals surface area contributed by atoms with Gasteiger partial charge in [-0.1, -0.05) is 35.0 Å². The maximum atomic E-state index is 9.10. The number of carboxylic acids is 2. The molecular weight excluding hydrogens is 412 g/mol. The minimum Gasteiger partial charge on any atom is -0.473 e. The Morgan fingerprint density at radius 3 is 1.96 bits per heavy atom. The highest BCUT2D eigenvalue weighted by Crippen LogP contribution is 2.24. The molecule has 7 heteroatoms. The van der Waals surface area contributed by atoms with Crippen molar-refractivity contribution in [2.75, 3.05) is 26.2 Å². The Morgan fingerprint density at radius 1 is 0.963 bits per heavy atom. The molecule has 3 rings (SSSR count). The van der Waals surface area contributed by atoms with Crippen LogP contribution in [-0.4, -0.2) is 64.2 Å². The molecule has 0 atom stereocenters. The second-order valence-electron chi connectivity index (χ2n) is 7.46. The molecule has 0 saturated carbocycles. The summed E-state index contributed by atoms with van der Waals surface area (Å²) in [5.74, 6) is -2.70. The van der Waals surface area contributed by atoms with E-state index in [1.165, 1.54) is 61.9 Å². The van der Waals surface area contributed by atoms with Gasteiger partial charge in [-0.3, -0.25) is 4.90 Å². The third-order valence-corrected chi connectivity index (χ3v) is 5.92. The van der Waals surface area contributed by atoms with Crippen LogP contribution >= 0.6 is 15.9 Å². The topological polar surface area (TPSA) is 81.1 Å². The predicted molar refractivity (Wildman–Crippen MR) is 108 cm³/mol. The van der Waals surface area contributed by atoms with Crippen LogP contribution in [0.3, 0.4) is 0 Å². The van der Waals surface area contributed by atoms with E-state index in [1.807, 2.05) is 0 Å². The number of carbonyl (C=O) groups is 2. The zero-order chi connectivity index (χ0) is 19.8. The number of rotatable bonds is 3. The van der Waals surface area contributed by atoms with Crippen molar-refractivity contribution < 1.29 is 19.8 Å². The van der Waals surface area contributed by atoms with E-state index in [4.69, 9.17) is 19.8 Å². The van der Waals surface area contributed by atoms with Crippen LogP contribution in [0.2, 0.25) is 0 Å². The van der Waals surface area contributed by atoms with Crippen LogP contribution in [0.1, 0.15) is 38.2 Å². The van der Waals surface area contributed by atoms with Gasteiger partial charge in [0.2, 0.25) is 0 Å². The van der Waals surface area contributed by atoms with E-state index < -0.39 is 11.9 Å². The van der Waals surface area contributed by atoms with Crippen molar-refractivity contribution in [3.63, 3.8) is 0 Å². The number of piperidine rings is 2. The summed E-state index contributed by atoms with van der Waals surface area (Å²) >= 11 is 3.51. The molecular formula is C20H29BrN2O4. The van der Waals surface area contributed by atoms with E-state index in [-0.39, 0.29) is 0 Å². The van der Waals surface area contributed by atoms with Crippen LogP contribution in [0.5, 0.6) is 0 Å². The molecule has 0 aliphatic carbocycles. The van der Waals surface area contributed by atoms with Crippen molar-refractivity contribution in [1.82, 2.24) is 9.80 Å². The van der Waals surface area contributed by atoms with E-state index in [0.29, 0.717) is 0 Å². The Morgan fingerprint density at radius 2 is 1.48 bits per heavy atom. The molecule has 150 valence electrons. The zero-order valence-electron chi connectivity index (χ0n) is 15.8. The lowest BCUT2D eigenvalue weighted by atomic mass is 9.95. The van der Waals surface area contributed by atoms with Crippen molar-refractivity contribution >= 4 is 27.9 Å². The molecule has 1 aromatic rings. The van der Waals surface area contributed by atoms with Gasteiger partial charge >= 0.3 is 11.9 Å². The van der Waals surface area contributed by atoms with Crippen LogP contribution in [0.4, 0.5) is 0 Å². The minimum atomic E-state index is -1.82. The Kier molecular flexibility index (Phi) is 8.73. The second kappa shape index (κ2) is 10.8. The van der Waals surface area contributed by atoms with Gasteiger partial charge in [0.05, 0.1) is 0 Å². The quantitative estimate of drug-likeness (QED) is 0.701. The maximum absolute atomic E-state index is 9.10. The minimum absolute atomic E-state index is 0.846. The van der Waals surface area contributed by atoms with Gasteiger partial charge < -0.3 is 15.1 Å². The maximum Gasteiger partial charge on any atom is 0.414 e. The summed E-state index contributed by atoms with van der Waals surface area (Å²) in [5.41, 5.74) is 1.43. The Bertz CT molecular complexity index is 595. The fraction of sp³-hybridized carbons (Fsp3) is 0.600. The lowest BCUT2D eigenvalue weighted by molar-refractivity contribution is -0.159. The lowest BCUT2D eigenvalue weighted by Gasteiger charge is -2.41. The first-order chi connectivity index (χ1) is 12.8. The molecule has 0 bridgehead atoms. The van der Waals surface area contributed by atoms with Crippen molar-refractivity contribution in [2.24, 2.45) is 5.92 Å². The molecule has 6 nitrogen and oxygen atoms in total. The third kappa shape index (κ3) is 7.60. The number of halogens is 1. The smallest absolute Gasteiger partial charge is 0.414 e. The first kappa shape index (κ1) is 21.9. The molecule has 2 aliphatic rings. The van der Waals surface area contributed by atoms with E-state index in [0.717, 1.165) is 18.5 Å². The first-order valence-electron chi connectivity index (χ1n) is 9.52. The Hall–Kier alpha value is -1.44. The standard InChI is InChI=1S/C18H27BrN2.C2H2O4/c1-15-6-12-21(13-7-15)18-8-10-20(11-9-18)14-16-2-4-17(19)5-3-16;3-1(4)2(5)6/h2-5,15,18H,6-14H2,1H3;(H,3,4)(H,5,6). The average Bonchev–Trinajstić information content (AvgIpc) is 2.65. The van der Waals surface area contributed by atoms with Crippen LogP contribution in [0.25, 0.3) is 0 Å². The monoisotopic (exact) mass is 440 g/mol. The number of hydrogen-bond donors (Lipinski definition) is 2. The van der Waals surface area contributed by atoms with Gasteiger partial charge in [-0.15, -0.1) is 0 Å². The molecule has 2 fully saturated rings. The summed E-state index contributed by atoms with van der Waals surface area (Å²) in [6, 6.07) is 9.62. The third-order valence-electron chi connectivity index (χ3n) is 5.39. The normalized spacial score (nSPS) is 19.9. The largest absolute Gasteiger partial charge is 0.473 e. The van der Waals surface area contributed by atoms with Crippen LogP contribution < -0.4 is 0 Å². The van der Waals surface area contributed by atoms with Crippen LogP contribution in [-0.2, 0) is 16.1 Å². The summed E-state index contributed by atoms with van der Waals surface area (Å²) in [4.78, 5) is 23.6. The summed E-state index contributed by atoms with van der Waals surface area (Å²) in [6.07, 6.45) is 5.51. The SMILES string of the molecule is CC1CCN(C2CCN(Cc3ccc(Br)cc3)CC2)CC1.O=C(O)C(=O)O. The van der Waals surface area contributed by atoms with Crippen LogP contribution in [0, 0.1) is 5.92 Å². The van der Waals surface area contributed by atoms with Gasteiger partial charge in [0.15, 0.2) is 0 Å². The molecule has 2 N–H and O–H groups in total. The van der Waals surface area contributed by atoms with Crippen LogP contribution in [0.15, 0.2) is 28.7 Å². The first-order valence-corrected chi connectivity index (χ1v) is 10.3. The molecule has 0 amide bonds. The Labute approximate surface area is 169 Å². The highest BCUT2D eigenvalue weighted by atomic mass is 79.9. The fourth-order valence-corrected chi connectivity index (χ4v) is 3.95. The number of carboxylic acid groups (broad SMARTS) is 2. The number of aliphatic carboxylic acids is 2. The number of benzene rings is 1. The van der Waals surface area contributed by atoms with Gasteiger partial charge in [-0.2, -0.15) is 0 Å². The number of hydrogen-bond acceptors (Lipinski definition) is 4. The molecule has 0 unspecified atom stereocenters. The highest BCUT2D eigenvalue weighted by molar-refractivity contribution is 9.10. The van der Waals surface area contributed by atoms with Gasteiger partial charge in [0, 0.05) is 17.1 Å². The van der Waals surface area contributed by atoms with Crippen molar-refractivity contribution in [2.45, 2.75) is 45.2 Å². The molecule has 2 heterocycles. The fourth-order valence-electron chi connectivity index (χ4n) is 3.68. The molecule has 0 spiro atoms. The molecule has 0 radical (unpaired) electrons. The molecule has 0 aromatic heterocycles. The molecule has 2 saturated heterocycles. The summed E-state index contributed by atoms with van der Waals surface area (Å²) in [5, 5.41) is 14.8. The highest BCUT2D eigenvalue weighted by Gasteiger charge is 2.26. The summed E-state index contributed by atoms with van der Waals surface area (Å²) < 4.78 is 1.17. The Balaban J connectivity index is 0.000000380. The number of nitrogens with zero attached hydrogens (tertiary/aromatic N) is 2. The van der Waals surface area contributed by atoms with Crippen molar-refractivity contribution in [3.05, 3.63) is 34.3 Å². The predicted octanol–water partition coefficient (Wildman–Crippen LogP) is 3.30. The van der Waals surface area contributed by atoms with Crippen molar-refractivity contribution in [1.29, 1.82) is 0 Å². The van der Waals surface area contributed by atoms with Gasteiger partial charge in [-0.25, -0.2) is 9.59 Å². The van der Waals surface area contributed by atoms with Crippen molar-refractivity contribution in [3.8, 4) is 0 Å². The average molecular weight is 441 g/mol. The van der Waals surface area contributed by atoms with E-state index in [1.54, 1.807) is 0 Å². The molecule has 2 aliphatic heterocycles. The molecule has 27 heavy (non-hydrogen) atoms. The summed E-state index contributed by atoms with van der Waals surface area (Å²) in [7, 11) is 0. The summed E-state index contributed by atoms with van der Waals surface area (Å²) in [6.45, 7) is 8.69. The van der Waals surface area contributed by atoms with Gasteiger partial charge in [0.1, 0.15) is 0 Å². The van der Waals surface area contributed by atoms with Gasteiger partial charge in [0.25, 0.3) is 0 Å². The van der Waals surface area contributed by atoms with Gasteiger partial charge in [-0.05, 0) is 75.5 Å². The van der Waals surface area contributed by atoms with E-state index in [9.17, 15) is 0 Å².